The van der Waals surface area contributed by atoms with Crippen molar-refractivity contribution >= 4 is 23.7 Å². The van der Waals surface area contributed by atoms with Gasteiger partial charge in [0.05, 0.1) is 31.5 Å². The van der Waals surface area contributed by atoms with Gasteiger partial charge in [-0.3, -0.25) is 0 Å². The molecule has 0 spiro atoms. The van der Waals surface area contributed by atoms with Crippen LogP contribution < -0.4 is 25.0 Å². The Balaban J connectivity index is 2.45. The number of quaternary nitrogens is 1. The first-order valence-electron chi connectivity index (χ1n) is 6.13. The lowest BCUT2D eigenvalue weighted by molar-refractivity contribution is -0.690. The molecule has 0 aliphatic carbocycles. The summed E-state index contributed by atoms with van der Waals surface area (Å²) < 4.78 is 10.2. The monoisotopic (exact) mass is 312 g/mol. The second-order valence-electron chi connectivity index (χ2n) is 4.42. The molecular formula is C13H14NO6S-. The Morgan fingerprint density at radius 2 is 2.00 bits per heavy atom. The van der Waals surface area contributed by atoms with Crippen LogP contribution in [0, 0.1) is 0 Å². The molecule has 1 aromatic carbocycles. The molecule has 1 aliphatic rings. The molecule has 21 heavy (non-hydrogen) atoms. The average molecular weight is 312 g/mol. The van der Waals surface area contributed by atoms with Crippen molar-refractivity contribution in [3.8, 4) is 11.5 Å². The van der Waals surface area contributed by atoms with E-state index < -0.39 is 18.0 Å². The zero-order chi connectivity index (χ0) is 15.6. The van der Waals surface area contributed by atoms with Crippen LogP contribution in [-0.4, -0.2) is 38.0 Å². The standard InChI is InChI=1S/C13H15NO6S/c1-19-8-4-3-6(9(13(17)18)10(8)20-2)11-14-7(5-21-11)12(15)16/h3-4,7,11,14H,5H2,1-2H3,(H,15,16)(H,17,18)/p-1/t7-,11+/m0/s1. The second-order valence-corrected chi connectivity index (χ2v) is 5.60. The van der Waals surface area contributed by atoms with Crippen LogP contribution in [-0.2, 0) is 4.79 Å². The van der Waals surface area contributed by atoms with Crippen molar-refractivity contribution in [2.45, 2.75) is 11.4 Å². The Kier molecular flexibility index (Phi) is 4.59. The van der Waals surface area contributed by atoms with E-state index in [1.165, 1.54) is 26.0 Å². The largest absolute Gasteiger partial charge is 0.545 e. The highest BCUT2D eigenvalue weighted by atomic mass is 32.2. The predicted octanol–water partition coefficient (Wildman–Crippen LogP) is -2.51. The van der Waals surface area contributed by atoms with Crippen LogP contribution in [0.3, 0.4) is 0 Å². The highest BCUT2D eigenvalue weighted by Gasteiger charge is 2.34. The fraction of sp³-hybridized carbons (Fsp3) is 0.385. The number of aliphatic carboxylic acids is 1. The molecule has 1 aliphatic heterocycles. The molecule has 1 aromatic rings. The summed E-state index contributed by atoms with van der Waals surface area (Å²) in [6.07, 6.45) is 0. The molecule has 0 unspecified atom stereocenters. The van der Waals surface area contributed by atoms with Gasteiger partial charge >= 0.3 is 0 Å². The Hall–Kier alpha value is -1.93. The van der Waals surface area contributed by atoms with Gasteiger partial charge in [0.15, 0.2) is 16.9 Å². The molecule has 1 heterocycles. The summed E-state index contributed by atoms with van der Waals surface area (Å²) in [6, 6.07) is 2.46. The fourth-order valence-electron chi connectivity index (χ4n) is 2.26. The molecule has 0 radical (unpaired) electrons. The lowest BCUT2D eigenvalue weighted by Crippen LogP contribution is -2.90. The van der Waals surface area contributed by atoms with E-state index in [2.05, 4.69) is 0 Å². The number of benzene rings is 1. The zero-order valence-electron chi connectivity index (χ0n) is 11.5. The van der Waals surface area contributed by atoms with Crippen LogP contribution in [0.4, 0.5) is 0 Å². The number of nitrogens with two attached hydrogens (primary N) is 1. The van der Waals surface area contributed by atoms with Gasteiger partial charge in [-0.2, -0.15) is 0 Å². The van der Waals surface area contributed by atoms with Crippen LogP contribution in [0.5, 0.6) is 11.5 Å². The van der Waals surface area contributed by atoms with Crippen molar-refractivity contribution in [3.05, 3.63) is 23.3 Å². The molecule has 0 amide bonds. The minimum absolute atomic E-state index is 0.0703. The number of carbonyl (C=O) groups is 2. The number of rotatable bonds is 5. The maximum absolute atomic E-state index is 11.4. The summed E-state index contributed by atoms with van der Waals surface area (Å²) in [6.45, 7) is 0. The van der Waals surface area contributed by atoms with Gasteiger partial charge in [-0.05, 0) is 12.1 Å². The topological polar surface area (TPSA) is 115 Å². The summed E-state index contributed by atoms with van der Waals surface area (Å²) in [5.41, 5.74) is 0.311. The lowest BCUT2D eigenvalue weighted by atomic mass is 10.0. The number of carboxylic acids is 2. The molecule has 114 valence electrons. The normalized spacial score (nSPS) is 21.0. The van der Waals surface area contributed by atoms with Crippen LogP contribution in [0.15, 0.2) is 12.1 Å². The Morgan fingerprint density at radius 1 is 1.29 bits per heavy atom. The average Bonchev–Trinajstić information content (AvgIpc) is 2.95. The van der Waals surface area contributed by atoms with E-state index in [1.807, 2.05) is 0 Å². The van der Waals surface area contributed by atoms with E-state index in [0.29, 0.717) is 11.3 Å². The van der Waals surface area contributed by atoms with Gasteiger partial charge in [0.1, 0.15) is 12.0 Å². The van der Waals surface area contributed by atoms with Crippen molar-refractivity contribution in [2.24, 2.45) is 0 Å². The van der Waals surface area contributed by atoms with Crippen LogP contribution >= 0.6 is 11.8 Å². The van der Waals surface area contributed by atoms with Gasteiger partial charge in [0.25, 0.3) is 0 Å². The molecule has 0 aromatic heterocycles. The first kappa shape index (κ1) is 15.5. The van der Waals surface area contributed by atoms with Crippen molar-refractivity contribution in [1.29, 1.82) is 0 Å². The van der Waals surface area contributed by atoms with E-state index in [9.17, 15) is 19.8 Å². The third-order valence-corrected chi connectivity index (χ3v) is 4.58. The number of hydrogen-bond acceptors (Lipinski definition) is 7. The second kappa shape index (κ2) is 6.23. The number of methoxy groups -OCH3 is 2. The lowest BCUT2D eigenvalue weighted by Gasteiger charge is -2.19. The van der Waals surface area contributed by atoms with Crippen LogP contribution in [0.2, 0.25) is 0 Å². The highest BCUT2D eigenvalue weighted by molar-refractivity contribution is 7.99. The third-order valence-electron chi connectivity index (χ3n) is 3.25. The summed E-state index contributed by atoms with van der Waals surface area (Å²) in [5.74, 6) is -1.87. The van der Waals surface area contributed by atoms with Crippen LogP contribution in [0.1, 0.15) is 21.3 Å². The van der Waals surface area contributed by atoms with E-state index >= 15 is 0 Å². The third kappa shape index (κ3) is 2.91. The Labute approximate surface area is 125 Å². The van der Waals surface area contributed by atoms with Gasteiger partial charge in [-0.25, -0.2) is 0 Å². The number of thioether (sulfide) groups is 1. The van der Waals surface area contributed by atoms with Crippen LogP contribution in [0.25, 0.3) is 0 Å². The maximum atomic E-state index is 11.4. The smallest absolute Gasteiger partial charge is 0.170 e. The summed E-state index contributed by atoms with van der Waals surface area (Å²) in [7, 11) is 2.74. The van der Waals surface area contributed by atoms with Gasteiger partial charge < -0.3 is 34.6 Å². The van der Waals surface area contributed by atoms with Crippen molar-refractivity contribution in [1.82, 2.24) is 0 Å². The molecule has 7 nitrogen and oxygen atoms in total. The number of aromatic carboxylic acids is 1. The summed E-state index contributed by atoms with van der Waals surface area (Å²) >= 11 is 1.33. The van der Waals surface area contributed by atoms with E-state index in [0.717, 1.165) is 0 Å². The van der Waals surface area contributed by atoms with Crippen molar-refractivity contribution in [3.63, 3.8) is 0 Å². The Morgan fingerprint density at radius 3 is 2.48 bits per heavy atom. The number of carboxylic acid groups (broad SMARTS) is 2. The summed E-state index contributed by atoms with van der Waals surface area (Å²) in [5, 5.41) is 23.5. The molecular weight excluding hydrogens is 298 g/mol. The number of hydrogen-bond donors (Lipinski definition) is 1. The van der Waals surface area contributed by atoms with E-state index in [-0.39, 0.29) is 22.4 Å². The first-order valence-corrected chi connectivity index (χ1v) is 7.18. The first-order chi connectivity index (χ1) is 9.99. The molecule has 1 saturated heterocycles. The van der Waals surface area contributed by atoms with Gasteiger partial charge in [0.2, 0.25) is 0 Å². The highest BCUT2D eigenvalue weighted by Crippen LogP contribution is 2.38. The molecule has 0 bridgehead atoms. The fourth-order valence-corrected chi connectivity index (χ4v) is 3.60. The molecule has 0 saturated carbocycles. The van der Waals surface area contributed by atoms with E-state index in [1.54, 1.807) is 17.4 Å². The SMILES string of the molecule is COc1ccc([C@@H]2[NH2+][C@H](C(=O)[O-])CS2)c(C(=O)[O-])c1OC. The van der Waals surface area contributed by atoms with E-state index in [4.69, 9.17) is 9.47 Å². The molecule has 8 heteroatoms. The van der Waals surface area contributed by atoms with Gasteiger partial charge in [0, 0.05) is 5.56 Å². The zero-order valence-corrected chi connectivity index (χ0v) is 12.3. The van der Waals surface area contributed by atoms with Crippen molar-refractivity contribution in [2.75, 3.05) is 20.0 Å². The predicted molar refractivity (Wildman–Crippen MR) is 69.8 cm³/mol. The Bertz CT molecular complexity index is 576. The van der Waals surface area contributed by atoms with Gasteiger partial charge in [-0.1, -0.05) is 11.8 Å². The minimum Gasteiger partial charge on any atom is -0.545 e. The number of ether oxygens (including phenoxy) is 2. The summed E-state index contributed by atoms with van der Waals surface area (Å²) in [4.78, 5) is 22.3. The molecule has 1 fully saturated rings. The minimum atomic E-state index is -1.40. The molecule has 2 rings (SSSR count). The number of carbonyl (C=O) groups excluding carboxylic acids is 2. The molecule has 2 atom stereocenters. The maximum Gasteiger partial charge on any atom is 0.170 e. The van der Waals surface area contributed by atoms with Gasteiger partial charge in [-0.15, -0.1) is 0 Å². The van der Waals surface area contributed by atoms with Crippen molar-refractivity contribution < 1.29 is 34.6 Å². The quantitative estimate of drug-likeness (QED) is 0.638. The molecule has 2 N–H and O–H groups in total.